The molecule has 0 bridgehead atoms. The Hall–Kier alpha value is -3.12. The number of hydrogen-bond acceptors (Lipinski definition) is 4. The van der Waals surface area contributed by atoms with Crippen LogP contribution in [0, 0.1) is 10.8 Å². The molecule has 1 saturated carbocycles. The van der Waals surface area contributed by atoms with Crippen molar-refractivity contribution >= 4 is 12.1 Å². The number of urea groups is 1. The van der Waals surface area contributed by atoms with Gasteiger partial charge >= 0.3 is 6.03 Å². The number of benzene rings is 1. The fourth-order valence-corrected chi connectivity index (χ4v) is 5.62. The van der Waals surface area contributed by atoms with Gasteiger partial charge in [-0.1, -0.05) is 39.0 Å². The first-order valence-electron chi connectivity index (χ1n) is 11.2. The molecule has 0 spiro atoms. The summed E-state index contributed by atoms with van der Waals surface area (Å²) in [4.78, 5) is 42.4. The monoisotopic (exact) mass is 437 g/mol. The number of hydrogen-bond donors (Lipinski definition) is 2. The molecule has 32 heavy (non-hydrogen) atoms. The summed E-state index contributed by atoms with van der Waals surface area (Å²) in [5.41, 5.74) is 2.08. The molecule has 8 heteroatoms. The molecule has 2 amide bonds. The summed E-state index contributed by atoms with van der Waals surface area (Å²) in [7, 11) is 0. The molecule has 170 valence electrons. The zero-order valence-corrected chi connectivity index (χ0v) is 19.0. The fraction of sp³-hybridized carbons (Fsp3) is 0.542. The highest BCUT2D eigenvalue weighted by atomic mass is 16.2. The lowest BCUT2D eigenvalue weighted by atomic mass is 9.63. The number of aromatic nitrogens is 2. The molecular weight excluding hydrogens is 406 g/mol. The Bertz CT molecular complexity index is 1100. The fourth-order valence-electron chi connectivity index (χ4n) is 5.62. The van der Waals surface area contributed by atoms with Gasteiger partial charge in [0.25, 0.3) is 5.56 Å². The average Bonchev–Trinajstić information content (AvgIpc) is 3.07. The van der Waals surface area contributed by atoms with Gasteiger partial charge in [-0.2, -0.15) is 0 Å². The molecule has 1 aliphatic heterocycles. The van der Waals surface area contributed by atoms with Gasteiger partial charge in [-0.3, -0.25) is 9.89 Å². The van der Waals surface area contributed by atoms with E-state index in [1.165, 1.54) is 0 Å². The van der Waals surface area contributed by atoms with E-state index in [-0.39, 0.29) is 35.0 Å². The van der Waals surface area contributed by atoms with E-state index in [0.29, 0.717) is 25.1 Å². The van der Waals surface area contributed by atoms with Crippen molar-refractivity contribution in [1.29, 1.82) is 0 Å². The van der Waals surface area contributed by atoms with E-state index in [4.69, 9.17) is 0 Å². The van der Waals surface area contributed by atoms with Crippen molar-refractivity contribution in [1.82, 2.24) is 20.0 Å². The van der Waals surface area contributed by atoms with Gasteiger partial charge in [-0.05, 0) is 42.2 Å². The number of carbonyl (C=O) groups excluding carboxylic acids is 2. The van der Waals surface area contributed by atoms with Crippen molar-refractivity contribution in [2.24, 2.45) is 15.8 Å². The van der Waals surface area contributed by atoms with E-state index in [0.717, 1.165) is 30.6 Å². The van der Waals surface area contributed by atoms with Crippen LogP contribution >= 0.6 is 0 Å². The van der Waals surface area contributed by atoms with E-state index in [2.05, 4.69) is 36.2 Å². The third-order valence-corrected chi connectivity index (χ3v) is 6.68. The third kappa shape index (κ3) is 4.55. The predicted molar refractivity (Wildman–Crippen MR) is 122 cm³/mol. The lowest BCUT2D eigenvalue weighted by Crippen LogP contribution is -2.49. The van der Waals surface area contributed by atoms with Crippen LogP contribution in [0.3, 0.4) is 0 Å². The maximum Gasteiger partial charge on any atom is 0.317 e. The molecule has 2 aliphatic rings. The van der Waals surface area contributed by atoms with Crippen LogP contribution in [0.15, 0.2) is 40.1 Å². The lowest BCUT2D eigenvalue weighted by molar-refractivity contribution is 0.0828. The van der Waals surface area contributed by atoms with Crippen LogP contribution < -0.4 is 10.9 Å². The molecule has 2 aromatic rings. The highest BCUT2D eigenvalue weighted by molar-refractivity contribution is 5.74. The number of amides is 2. The van der Waals surface area contributed by atoms with Crippen LogP contribution in [0.4, 0.5) is 4.79 Å². The molecule has 8 nitrogen and oxygen atoms in total. The largest absolute Gasteiger partial charge is 0.337 e. The Balaban J connectivity index is 1.43. The number of aromatic amines is 1. The molecule has 1 fully saturated rings. The van der Waals surface area contributed by atoms with Crippen LogP contribution in [0.1, 0.15) is 51.3 Å². The van der Waals surface area contributed by atoms with E-state index >= 15 is 0 Å². The van der Waals surface area contributed by atoms with Crippen LogP contribution in [-0.4, -0.2) is 45.9 Å². The SMILES string of the molecule is CC1(C)CC(N=C=O)CC(C)(CNC(=O)N2CCc3[nH]n(-c4ccccc4)c(=O)c3C2)C1. The second-order valence-corrected chi connectivity index (χ2v) is 10.3. The smallest absolute Gasteiger partial charge is 0.317 e. The molecule has 0 radical (unpaired) electrons. The molecule has 2 heterocycles. The number of nitrogens with one attached hydrogen (secondary N) is 2. The second kappa shape index (κ2) is 8.43. The molecule has 2 N–H and O–H groups in total. The highest BCUT2D eigenvalue weighted by Gasteiger charge is 2.41. The maximum atomic E-state index is 13.0. The van der Waals surface area contributed by atoms with Gasteiger partial charge in [0.2, 0.25) is 6.08 Å². The van der Waals surface area contributed by atoms with Crippen molar-refractivity contribution < 1.29 is 9.59 Å². The summed E-state index contributed by atoms with van der Waals surface area (Å²) >= 11 is 0. The van der Waals surface area contributed by atoms with Crippen molar-refractivity contribution in [3.8, 4) is 5.69 Å². The Kier molecular flexibility index (Phi) is 5.82. The number of para-hydroxylation sites is 1. The minimum absolute atomic E-state index is 0.0381. The normalized spacial score (nSPS) is 24.3. The van der Waals surface area contributed by atoms with Crippen molar-refractivity contribution in [2.45, 2.75) is 59.0 Å². The Labute approximate surface area is 187 Å². The number of isocyanates is 1. The molecule has 0 saturated heterocycles. The first-order valence-corrected chi connectivity index (χ1v) is 11.2. The van der Waals surface area contributed by atoms with Crippen molar-refractivity contribution in [3.05, 3.63) is 51.9 Å². The van der Waals surface area contributed by atoms with Gasteiger partial charge in [0.1, 0.15) is 0 Å². The van der Waals surface area contributed by atoms with Crippen molar-refractivity contribution in [2.75, 3.05) is 13.1 Å². The minimum atomic E-state index is -0.164. The average molecular weight is 438 g/mol. The Morgan fingerprint density at radius 1 is 1.25 bits per heavy atom. The van der Waals surface area contributed by atoms with Gasteiger partial charge in [0.05, 0.1) is 23.8 Å². The first kappa shape index (κ1) is 22.1. The molecule has 1 aromatic heterocycles. The summed E-state index contributed by atoms with van der Waals surface area (Å²) in [5, 5.41) is 6.28. The van der Waals surface area contributed by atoms with Crippen LogP contribution in [0.25, 0.3) is 5.69 Å². The Morgan fingerprint density at radius 3 is 2.72 bits per heavy atom. The first-order chi connectivity index (χ1) is 15.2. The topological polar surface area (TPSA) is 99.6 Å². The molecule has 2 atom stereocenters. The lowest BCUT2D eigenvalue weighted by Gasteiger charge is -2.45. The van der Waals surface area contributed by atoms with Crippen molar-refractivity contribution in [3.63, 3.8) is 0 Å². The summed E-state index contributed by atoms with van der Waals surface area (Å²) in [6.07, 6.45) is 4.85. The Morgan fingerprint density at radius 2 is 2.00 bits per heavy atom. The number of fused-ring (bicyclic) bond motifs is 1. The zero-order chi connectivity index (χ0) is 22.9. The maximum absolute atomic E-state index is 13.0. The molecule has 2 unspecified atom stereocenters. The quantitative estimate of drug-likeness (QED) is 0.568. The zero-order valence-electron chi connectivity index (χ0n) is 19.0. The molecule has 4 rings (SSSR count). The summed E-state index contributed by atoms with van der Waals surface area (Å²) in [6, 6.07) is 9.21. The predicted octanol–water partition coefficient (Wildman–Crippen LogP) is 3.15. The van der Waals surface area contributed by atoms with Gasteiger partial charge in [0, 0.05) is 25.2 Å². The third-order valence-electron chi connectivity index (χ3n) is 6.68. The van der Waals surface area contributed by atoms with Gasteiger partial charge in [-0.25, -0.2) is 19.3 Å². The number of rotatable bonds is 4. The van der Waals surface area contributed by atoms with Crippen LogP contribution in [0.5, 0.6) is 0 Å². The van der Waals surface area contributed by atoms with Crippen LogP contribution in [-0.2, 0) is 17.8 Å². The molecular formula is C24H31N5O3. The van der Waals surface area contributed by atoms with Gasteiger partial charge < -0.3 is 10.2 Å². The second-order valence-electron chi connectivity index (χ2n) is 10.3. The van der Waals surface area contributed by atoms with E-state index in [9.17, 15) is 14.4 Å². The standard InChI is InChI=1S/C24H31N5O3/c1-23(2)11-17(26-16-30)12-24(3,14-23)15-25-22(32)28-10-9-20-19(13-28)21(31)29(27-20)18-7-5-4-6-8-18/h4-8,17,27H,9-15H2,1-3H3,(H,25,32). The number of nitrogens with zero attached hydrogens (tertiary/aromatic N) is 3. The van der Waals surface area contributed by atoms with E-state index in [1.54, 1.807) is 15.7 Å². The summed E-state index contributed by atoms with van der Waals surface area (Å²) in [5.74, 6) is 0. The number of aliphatic imine (C=N–C) groups is 1. The highest BCUT2D eigenvalue weighted by Crippen LogP contribution is 2.46. The summed E-state index contributed by atoms with van der Waals surface area (Å²) in [6.45, 7) is 7.83. The number of H-pyrrole nitrogens is 1. The van der Waals surface area contributed by atoms with E-state index < -0.39 is 0 Å². The molecule has 1 aliphatic carbocycles. The summed E-state index contributed by atoms with van der Waals surface area (Å²) < 4.78 is 1.55. The van der Waals surface area contributed by atoms with Crippen LogP contribution in [0.2, 0.25) is 0 Å². The molecule has 1 aromatic carbocycles. The minimum Gasteiger partial charge on any atom is -0.337 e. The van der Waals surface area contributed by atoms with E-state index in [1.807, 2.05) is 30.3 Å². The van der Waals surface area contributed by atoms with Gasteiger partial charge in [0.15, 0.2) is 0 Å². The van der Waals surface area contributed by atoms with Gasteiger partial charge in [-0.15, -0.1) is 0 Å². The number of carbonyl (C=O) groups is 1.